The molecule has 1 unspecified atom stereocenters. The molecule has 0 spiro atoms. The lowest BCUT2D eigenvalue weighted by Crippen LogP contribution is -2.19. The van der Waals surface area contributed by atoms with Crippen molar-refractivity contribution in [2.75, 3.05) is 0 Å². The summed E-state index contributed by atoms with van der Waals surface area (Å²) in [5.74, 6) is 0. The van der Waals surface area contributed by atoms with Crippen LogP contribution in [-0.4, -0.2) is 0 Å². The highest BCUT2D eigenvalue weighted by atomic mass is 35.5. The molecule has 0 amide bonds. The molecule has 0 radical (unpaired) electrons. The minimum absolute atomic E-state index is 0.350. The zero-order chi connectivity index (χ0) is 13.0. The zero-order valence-electron chi connectivity index (χ0n) is 10.1. The summed E-state index contributed by atoms with van der Waals surface area (Å²) in [5, 5.41) is 4.32. The first-order valence-electron chi connectivity index (χ1n) is 5.92. The molecule has 0 bridgehead atoms. The Bertz CT molecular complexity index is 493. The van der Waals surface area contributed by atoms with E-state index in [-0.39, 0.29) is 0 Å². The van der Waals surface area contributed by atoms with E-state index in [0.29, 0.717) is 6.04 Å². The Balaban J connectivity index is 1.99. The second-order valence-electron chi connectivity index (χ2n) is 4.10. The molecule has 0 aliphatic heterocycles. The van der Waals surface area contributed by atoms with Crippen LogP contribution >= 0.6 is 34.5 Å². The molecule has 18 heavy (non-hydrogen) atoms. The second-order valence-corrected chi connectivity index (χ2v) is 6.34. The number of benzene rings is 1. The smallest absolute Gasteiger partial charge is 0.0931 e. The molecule has 0 saturated heterocycles. The maximum Gasteiger partial charge on any atom is 0.0931 e. The first-order chi connectivity index (χ1) is 8.69. The Morgan fingerprint density at radius 1 is 1.11 bits per heavy atom. The number of rotatable bonds is 5. The normalized spacial score (nSPS) is 12.6. The summed E-state index contributed by atoms with van der Waals surface area (Å²) in [5.41, 5.74) is 1.27. The molecule has 1 aromatic heterocycles. The molecule has 0 aliphatic rings. The molecular formula is C14H15Cl2NS. The van der Waals surface area contributed by atoms with Gasteiger partial charge in [0.25, 0.3) is 0 Å². The van der Waals surface area contributed by atoms with Gasteiger partial charge in [0, 0.05) is 22.5 Å². The SMILES string of the molecule is CCC(NCc1ccc(Cl)s1)c1ccc(Cl)cc1. The molecule has 96 valence electrons. The van der Waals surface area contributed by atoms with Gasteiger partial charge in [-0.05, 0) is 36.2 Å². The zero-order valence-corrected chi connectivity index (χ0v) is 12.4. The molecule has 0 fully saturated rings. The Kier molecular flexibility index (Phi) is 5.07. The minimum atomic E-state index is 0.350. The van der Waals surface area contributed by atoms with Gasteiger partial charge < -0.3 is 5.32 Å². The van der Waals surface area contributed by atoms with Gasteiger partial charge in [-0.2, -0.15) is 0 Å². The van der Waals surface area contributed by atoms with E-state index < -0.39 is 0 Å². The molecule has 0 aliphatic carbocycles. The van der Waals surface area contributed by atoms with Crippen molar-refractivity contribution in [1.82, 2.24) is 5.32 Å². The summed E-state index contributed by atoms with van der Waals surface area (Å²) in [7, 11) is 0. The van der Waals surface area contributed by atoms with Gasteiger partial charge in [-0.25, -0.2) is 0 Å². The summed E-state index contributed by atoms with van der Waals surface area (Å²) in [6.07, 6.45) is 1.04. The molecular weight excluding hydrogens is 285 g/mol. The largest absolute Gasteiger partial charge is 0.305 e. The second kappa shape index (κ2) is 6.58. The van der Waals surface area contributed by atoms with Crippen LogP contribution in [-0.2, 0) is 6.54 Å². The van der Waals surface area contributed by atoms with Crippen LogP contribution in [0.25, 0.3) is 0 Å². The monoisotopic (exact) mass is 299 g/mol. The maximum atomic E-state index is 5.92. The average molecular weight is 300 g/mol. The number of thiophene rings is 1. The van der Waals surface area contributed by atoms with Gasteiger partial charge in [-0.3, -0.25) is 0 Å². The highest BCUT2D eigenvalue weighted by Gasteiger charge is 2.09. The molecule has 0 saturated carbocycles. The van der Waals surface area contributed by atoms with Crippen molar-refractivity contribution in [2.45, 2.75) is 25.9 Å². The van der Waals surface area contributed by atoms with Gasteiger partial charge in [0.2, 0.25) is 0 Å². The van der Waals surface area contributed by atoms with Gasteiger partial charge in [0.15, 0.2) is 0 Å². The van der Waals surface area contributed by atoms with E-state index in [1.54, 1.807) is 11.3 Å². The van der Waals surface area contributed by atoms with Crippen LogP contribution in [0.5, 0.6) is 0 Å². The highest BCUT2D eigenvalue weighted by Crippen LogP contribution is 2.23. The van der Waals surface area contributed by atoms with Crippen LogP contribution < -0.4 is 5.32 Å². The fraction of sp³-hybridized carbons (Fsp3) is 0.286. The van der Waals surface area contributed by atoms with E-state index in [9.17, 15) is 0 Å². The molecule has 4 heteroatoms. The summed E-state index contributed by atoms with van der Waals surface area (Å²) in [6.45, 7) is 3.02. The van der Waals surface area contributed by atoms with Crippen LogP contribution in [0.15, 0.2) is 36.4 Å². The Labute approximate surface area is 122 Å². The lowest BCUT2D eigenvalue weighted by molar-refractivity contribution is 0.522. The summed E-state index contributed by atoms with van der Waals surface area (Å²) >= 11 is 13.4. The standard InChI is InChI=1S/C14H15Cl2NS/c1-2-13(10-3-5-11(15)6-4-10)17-9-12-7-8-14(16)18-12/h3-8,13,17H,2,9H2,1H3. The number of nitrogens with one attached hydrogen (secondary N) is 1. The minimum Gasteiger partial charge on any atom is -0.305 e. The third-order valence-corrected chi connectivity index (χ3v) is 4.32. The first kappa shape index (κ1) is 13.9. The Hall–Kier alpha value is -0.540. The van der Waals surface area contributed by atoms with Gasteiger partial charge in [-0.15, -0.1) is 11.3 Å². The van der Waals surface area contributed by atoms with Gasteiger partial charge in [-0.1, -0.05) is 42.3 Å². The van der Waals surface area contributed by atoms with Gasteiger partial charge in [0.05, 0.1) is 4.34 Å². The van der Waals surface area contributed by atoms with Crippen molar-refractivity contribution >= 4 is 34.5 Å². The Morgan fingerprint density at radius 3 is 2.39 bits per heavy atom. The van der Waals surface area contributed by atoms with Crippen molar-refractivity contribution < 1.29 is 0 Å². The van der Waals surface area contributed by atoms with Gasteiger partial charge in [0.1, 0.15) is 0 Å². The van der Waals surface area contributed by atoms with Crippen molar-refractivity contribution in [3.63, 3.8) is 0 Å². The summed E-state index contributed by atoms with van der Waals surface area (Å²) in [6, 6.07) is 12.4. The topological polar surface area (TPSA) is 12.0 Å². The van der Waals surface area contributed by atoms with E-state index >= 15 is 0 Å². The molecule has 1 nitrogen and oxygen atoms in total. The van der Waals surface area contributed by atoms with Crippen molar-refractivity contribution in [1.29, 1.82) is 0 Å². The fourth-order valence-electron chi connectivity index (χ4n) is 1.86. The van der Waals surface area contributed by atoms with E-state index in [2.05, 4.69) is 30.4 Å². The summed E-state index contributed by atoms with van der Waals surface area (Å²) in [4.78, 5) is 1.26. The summed E-state index contributed by atoms with van der Waals surface area (Å²) < 4.78 is 0.839. The van der Waals surface area contributed by atoms with Crippen LogP contribution in [0.2, 0.25) is 9.36 Å². The molecule has 1 N–H and O–H groups in total. The third kappa shape index (κ3) is 3.72. The van der Waals surface area contributed by atoms with E-state index in [0.717, 1.165) is 22.3 Å². The molecule has 1 atom stereocenters. The lowest BCUT2D eigenvalue weighted by atomic mass is 10.0. The van der Waals surface area contributed by atoms with Crippen molar-refractivity contribution in [3.05, 3.63) is 56.2 Å². The van der Waals surface area contributed by atoms with Crippen molar-refractivity contribution in [3.8, 4) is 0 Å². The molecule has 1 aromatic carbocycles. The van der Waals surface area contributed by atoms with E-state index in [4.69, 9.17) is 23.2 Å². The molecule has 2 aromatic rings. The van der Waals surface area contributed by atoms with Gasteiger partial charge >= 0.3 is 0 Å². The van der Waals surface area contributed by atoms with Crippen LogP contribution in [0.1, 0.15) is 29.8 Å². The van der Waals surface area contributed by atoms with Crippen molar-refractivity contribution in [2.24, 2.45) is 0 Å². The maximum absolute atomic E-state index is 5.92. The van der Waals surface area contributed by atoms with Crippen LogP contribution in [0.4, 0.5) is 0 Å². The fourth-order valence-corrected chi connectivity index (χ4v) is 3.03. The van der Waals surface area contributed by atoms with E-state index in [1.165, 1.54) is 10.4 Å². The van der Waals surface area contributed by atoms with Crippen LogP contribution in [0, 0.1) is 0 Å². The average Bonchev–Trinajstić information content (AvgIpc) is 2.78. The number of halogens is 2. The predicted octanol–water partition coefficient (Wildman–Crippen LogP) is 5.30. The number of hydrogen-bond donors (Lipinski definition) is 1. The third-order valence-electron chi connectivity index (χ3n) is 2.83. The predicted molar refractivity (Wildman–Crippen MR) is 80.7 cm³/mol. The lowest BCUT2D eigenvalue weighted by Gasteiger charge is -2.17. The van der Waals surface area contributed by atoms with E-state index in [1.807, 2.05) is 18.2 Å². The Morgan fingerprint density at radius 2 is 1.83 bits per heavy atom. The quantitative estimate of drug-likeness (QED) is 0.790. The number of hydrogen-bond acceptors (Lipinski definition) is 2. The first-order valence-corrected chi connectivity index (χ1v) is 7.49. The van der Waals surface area contributed by atoms with Crippen LogP contribution in [0.3, 0.4) is 0 Å². The highest BCUT2D eigenvalue weighted by molar-refractivity contribution is 7.16. The molecule has 2 rings (SSSR count). The molecule has 1 heterocycles.